The van der Waals surface area contributed by atoms with Crippen molar-refractivity contribution in [2.24, 2.45) is 0 Å². The lowest BCUT2D eigenvalue weighted by Crippen LogP contribution is -2.41. The lowest BCUT2D eigenvalue weighted by Gasteiger charge is -2.27. The van der Waals surface area contributed by atoms with Gasteiger partial charge in [-0.1, -0.05) is 24.3 Å². The standard InChI is InChI=1S/C32H33FN2O5S/c1-5-38-30(36)17-25-10-9-21(19-34)15-29(25)40-20-22-13-26-11-12-39-31(26)27(14-22)23-7-6-8-24(16-23)28(18-33)35-41(37)32(2,3)4/h6-16,28,35H,5,17-18,20H2,1-4H3. The van der Waals surface area contributed by atoms with E-state index in [1.54, 1.807) is 37.5 Å². The van der Waals surface area contributed by atoms with Crippen LogP contribution in [-0.4, -0.2) is 28.6 Å². The fraction of sp³-hybridized carbons (Fsp3) is 0.312. The number of carbonyl (C=O) groups excluding carboxylic acids is 1. The monoisotopic (exact) mass is 576 g/mol. The number of furan rings is 1. The molecule has 4 rings (SSSR count). The predicted molar refractivity (Wildman–Crippen MR) is 157 cm³/mol. The van der Waals surface area contributed by atoms with Crippen LogP contribution in [0, 0.1) is 11.3 Å². The maximum absolute atomic E-state index is 14.1. The molecule has 1 aromatic heterocycles. The second-order valence-electron chi connectivity index (χ2n) is 10.5. The Kier molecular flexibility index (Phi) is 9.71. The molecule has 2 unspecified atom stereocenters. The van der Waals surface area contributed by atoms with Crippen molar-refractivity contribution in [2.75, 3.05) is 13.3 Å². The summed E-state index contributed by atoms with van der Waals surface area (Å²) >= 11 is -1.44. The summed E-state index contributed by atoms with van der Waals surface area (Å²) in [5, 5.41) is 10.2. The number of halogens is 1. The lowest BCUT2D eigenvalue weighted by atomic mass is 9.97. The average molecular weight is 577 g/mol. The zero-order chi connectivity index (χ0) is 29.6. The molecule has 4 aromatic rings. The maximum Gasteiger partial charge on any atom is 0.310 e. The van der Waals surface area contributed by atoms with Crippen molar-refractivity contribution in [3.8, 4) is 22.9 Å². The van der Waals surface area contributed by atoms with Gasteiger partial charge in [-0.15, -0.1) is 4.72 Å². The molecule has 0 spiro atoms. The fourth-order valence-corrected chi connectivity index (χ4v) is 5.10. The summed E-state index contributed by atoms with van der Waals surface area (Å²) in [5.74, 6) is 0.0492. The summed E-state index contributed by atoms with van der Waals surface area (Å²) in [6.07, 6.45) is 1.63. The zero-order valence-electron chi connectivity index (χ0n) is 23.5. The number of nitriles is 1. The molecule has 41 heavy (non-hydrogen) atoms. The van der Waals surface area contributed by atoms with Gasteiger partial charge < -0.3 is 18.4 Å². The second kappa shape index (κ2) is 13.2. The highest BCUT2D eigenvalue weighted by Crippen LogP contribution is 2.34. The summed E-state index contributed by atoms with van der Waals surface area (Å²) in [4.78, 5) is 12.1. The van der Waals surface area contributed by atoms with E-state index >= 15 is 0 Å². The van der Waals surface area contributed by atoms with Crippen molar-refractivity contribution >= 4 is 28.3 Å². The van der Waals surface area contributed by atoms with Gasteiger partial charge in [-0.05, 0) is 80.8 Å². The number of hydrogen-bond acceptors (Lipinski definition) is 7. The second-order valence-corrected chi connectivity index (χ2v) is 12.5. The highest BCUT2D eigenvalue weighted by Gasteiger charge is 2.30. The highest BCUT2D eigenvalue weighted by molar-refractivity contribution is 7.90. The molecule has 0 aliphatic rings. The minimum atomic E-state index is -1.44. The van der Waals surface area contributed by atoms with Crippen LogP contribution in [0.2, 0.25) is 0 Å². The molecule has 1 N–H and O–H groups in total. The number of ether oxygens (including phenoxy) is 2. The normalized spacial score (nSPS) is 13.0. The highest BCUT2D eigenvalue weighted by atomic mass is 32.2. The summed E-state index contributed by atoms with van der Waals surface area (Å²) in [5.41, 5.74) is 4.80. The SMILES string of the molecule is CCOC(=O)Cc1ccc(C#N)cc1OCc1cc(-c2cccc(C(CF)N[S+]([O-])C(C)(C)C)c2)c2occc2c1. The van der Waals surface area contributed by atoms with Gasteiger partial charge in [0.15, 0.2) is 0 Å². The van der Waals surface area contributed by atoms with Crippen LogP contribution in [0.15, 0.2) is 71.3 Å². The van der Waals surface area contributed by atoms with E-state index in [2.05, 4.69) is 10.8 Å². The van der Waals surface area contributed by atoms with E-state index < -0.39 is 28.8 Å². The van der Waals surface area contributed by atoms with E-state index in [9.17, 15) is 19.0 Å². The van der Waals surface area contributed by atoms with Crippen molar-refractivity contribution in [1.82, 2.24) is 4.72 Å². The van der Waals surface area contributed by atoms with Crippen LogP contribution in [0.25, 0.3) is 22.1 Å². The molecular weight excluding hydrogens is 543 g/mol. The smallest absolute Gasteiger partial charge is 0.310 e. The Hall–Kier alpha value is -3.84. The first kappa shape index (κ1) is 30.1. The summed E-state index contributed by atoms with van der Waals surface area (Å²) in [6, 6.07) is 19.5. The molecular formula is C32H33FN2O5S. The molecule has 0 aliphatic heterocycles. The van der Waals surface area contributed by atoms with Crippen LogP contribution in [0.5, 0.6) is 5.75 Å². The van der Waals surface area contributed by atoms with Crippen LogP contribution in [0.1, 0.15) is 56.0 Å². The Morgan fingerprint density at radius 3 is 2.68 bits per heavy atom. The van der Waals surface area contributed by atoms with Crippen LogP contribution in [-0.2, 0) is 33.9 Å². The van der Waals surface area contributed by atoms with Crippen molar-refractivity contribution in [2.45, 2.75) is 51.5 Å². The van der Waals surface area contributed by atoms with Crippen molar-refractivity contribution in [3.05, 3.63) is 89.2 Å². The van der Waals surface area contributed by atoms with Gasteiger partial charge in [0.1, 0.15) is 35.4 Å². The first-order chi connectivity index (χ1) is 19.6. The molecule has 3 aromatic carbocycles. The molecule has 9 heteroatoms. The van der Waals surface area contributed by atoms with Crippen LogP contribution < -0.4 is 9.46 Å². The third kappa shape index (κ3) is 7.47. The first-order valence-electron chi connectivity index (χ1n) is 13.3. The largest absolute Gasteiger partial charge is 0.598 e. The topological polar surface area (TPSA) is 108 Å². The Bertz CT molecular complexity index is 1560. The van der Waals surface area contributed by atoms with Gasteiger partial charge in [0, 0.05) is 27.9 Å². The molecule has 0 aliphatic carbocycles. The number of benzene rings is 3. The molecule has 1 heterocycles. The Labute approximate surface area is 242 Å². The number of carbonyl (C=O) groups is 1. The third-order valence-electron chi connectivity index (χ3n) is 6.40. The minimum Gasteiger partial charge on any atom is -0.598 e. The molecule has 0 radical (unpaired) electrons. The number of rotatable bonds is 11. The van der Waals surface area contributed by atoms with Crippen molar-refractivity contribution in [1.29, 1.82) is 5.26 Å². The summed E-state index contributed by atoms with van der Waals surface area (Å²) in [7, 11) is 0. The van der Waals surface area contributed by atoms with Crippen LogP contribution >= 0.6 is 0 Å². The van der Waals surface area contributed by atoms with Gasteiger partial charge in [-0.3, -0.25) is 4.79 Å². The number of nitrogens with zero attached hydrogens (tertiary/aromatic N) is 1. The molecule has 0 fully saturated rings. The molecule has 214 valence electrons. The zero-order valence-corrected chi connectivity index (χ0v) is 24.3. The number of hydrogen-bond donors (Lipinski definition) is 1. The summed E-state index contributed by atoms with van der Waals surface area (Å²) < 4.78 is 46.1. The van der Waals surface area contributed by atoms with Gasteiger partial charge >= 0.3 is 5.97 Å². The Balaban J connectivity index is 1.64. The van der Waals surface area contributed by atoms with E-state index in [-0.39, 0.29) is 25.6 Å². The quantitative estimate of drug-likeness (QED) is 0.156. The molecule has 0 saturated carbocycles. The van der Waals surface area contributed by atoms with Gasteiger partial charge in [0.2, 0.25) is 0 Å². The molecule has 7 nitrogen and oxygen atoms in total. The molecule has 2 atom stereocenters. The Morgan fingerprint density at radius 2 is 1.98 bits per heavy atom. The number of esters is 1. The van der Waals surface area contributed by atoms with E-state index in [4.69, 9.17) is 13.9 Å². The maximum atomic E-state index is 14.1. The van der Waals surface area contributed by atoms with E-state index in [0.717, 1.165) is 22.1 Å². The van der Waals surface area contributed by atoms with Crippen LogP contribution in [0.4, 0.5) is 4.39 Å². The molecule has 0 bridgehead atoms. The molecule has 0 saturated heterocycles. The number of fused-ring (bicyclic) bond motifs is 1. The summed E-state index contributed by atoms with van der Waals surface area (Å²) in [6.45, 7) is 6.96. The van der Waals surface area contributed by atoms with Gasteiger partial charge in [-0.25, -0.2) is 4.39 Å². The first-order valence-corrected chi connectivity index (χ1v) is 14.4. The number of alkyl halides is 1. The average Bonchev–Trinajstić information content (AvgIpc) is 3.43. The minimum absolute atomic E-state index is 0.0253. The third-order valence-corrected chi connectivity index (χ3v) is 8.01. The van der Waals surface area contributed by atoms with Crippen molar-refractivity contribution in [3.63, 3.8) is 0 Å². The number of nitrogens with one attached hydrogen (secondary N) is 1. The molecule has 0 amide bonds. The Morgan fingerprint density at radius 1 is 1.17 bits per heavy atom. The van der Waals surface area contributed by atoms with E-state index in [1.165, 1.54) is 0 Å². The van der Waals surface area contributed by atoms with Crippen molar-refractivity contribution < 1.29 is 27.6 Å². The van der Waals surface area contributed by atoms with Gasteiger partial charge in [0.25, 0.3) is 0 Å². The van der Waals surface area contributed by atoms with Gasteiger partial charge in [-0.2, -0.15) is 5.26 Å². The fourth-order valence-electron chi connectivity index (χ4n) is 4.29. The van der Waals surface area contributed by atoms with Crippen LogP contribution in [0.3, 0.4) is 0 Å². The lowest BCUT2D eigenvalue weighted by molar-refractivity contribution is -0.142. The van der Waals surface area contributed by atoms with E-state index in [1.807, 2.05) is 57.2 Å². The predicted octanol–water partition coefficient (Wildman–Crippen LogP) is 6.72. The van der Waals surface area contributed by atoms with Gasteiger partial charge in [0.05, 0.1) is 30.9 Å². The van der Waals surface area contributed by atoms with E-state index in [0.29, 0.717) is 28.0 Å².